The fourth-order valence-corrected chi connectivity index (χ4v) is 4.11. The summed E-state index contributed by atoms with van der Waals surface area (Å²) in [5, 5.41) is 7.54. The number of aromatic nitrogens is 2. The zero-order valence-electron chi connectivity index (χ0n) is 14.5. The maximum Gasteiger partial charge on any atom is 0.410 e. The minimum absolute atomic E-state index is 0.218. The number of H-pyrrole nitrogens is 1. The molecule has 0 aliphatic carbocycles. The van der Waals surface area contributed by atoms with Crippen molar-refractivity contribution in [2.75, 3.05) is 26.2 Å². The lowest BCUT2D eigenvalue weighted by molar-refractivity contribution is 0.0192. The zero-order chi connectivity index (χ0) is 18.2. The van der Waals surface area contributed by atoms with Crippen molar-refractivity contribution in [2.45, 2.75) is 31.3 Å². The Morgan fingerprint density at radius 2 is 1.88 bits per heavy atom. The van der Waals surface area contributed by atoms with E-state index < -0.39 is 21.7 Å². The van der Waals surface area contributed by atoms with Gasteiger partial charge in [-0.15, -0.1) is 0 Å². The number of benzene rings is 1. The predicted molar refractivity (Wildman–Crippen MR) is 92.7 cm³/mol. The van der Waals surface area contributed by atoms with E-state index in [1.165, 1.54) is 9.21 Å². The van der Waals surface area contributed by atoms with Crippen molar-refractivity contribution < 1.29 is 17.9 Å². The van der Waals surface area contributed by atoms with Gasteiger partial charge in [0.05, 0.1) is 16.6 Å². The third kappa shape index (κ3) is 3.77. The number of fused-ring (bicyclic) bond motifs is 1. The molecule has 1 N–H and O–H groups in total. The van der Waals surface area contributed by atoms with Gasteiger partial charge in [0.15, 0.2) is 0 Å². The normalized spacial score (nSPS) is 17.0. The highest BCUT2D eigenvalue weighted by molar-refractivity contribution is 7.89. The Hall–Kier alpha value is -2.13. The van der Waals surface area contributed by atoms with Gasteiger partial charge < -0.3 is 9.64 Å². The van der Waals surface area contributed by atoms with Gasteiger partial charge in [0, 0.05) is 31.6 Å². The van der Waals surface area contributed by atoms with E-state index in [0.29, 0.717) is 18.6 Å². The molecular weight excluding hydrogens is 344 g/mol. The molecule has 1 saturated heterocycles. The van der Waals surface area contributed by atoms with Crippen LogP contribution in [-0.4, -0.2) is 65.7 Å². The van der Waals surface area contributed by atoms with E-state index in [1.54, 1.807) is 45.2 Å². The number of nitrogens with one attached hydrogen (secondary N) is 1. The van der Waals surface area contributed by atoms with Crippen LogP contribution in [0.1, 0.15) is 20.8 Å². The second kappa shape index (κ2) is 6.30. The van der Waals surface area contributed by atoms with E-state index in [9.17, 15) is 13.2 Å². The highest BCUT2D eigenvalue weighted by Crippen LogP contribution is 2.22. The topological polar surface area (TPSA) is 95.6 Å². The van der Waals surface area contributed by atoms with Crippen LogP contribution in [0, 0.1) is 0 Å². The molecule has 9 heteroatoms. The van der Waals surface area contributed by atoms with Crippen LogP contribution in [0.2, 0.25) is 0 Å². The lowest BCUT2D eigenvalue weighted by Crippen LogP contribution is -2.51. The standard InChI is InChI=1S/C16H22N4O4S/c1-16(2,3)24-15(21)19-6-8-20(9-7-19)25(22,23)13-5-4-12-11-17-18-14(12)10-13/h4-5,10-11H,6-9H2,1-3H3,(H,17,18). The number of hydrogen-bond donors (Lipinski definition) is 1. The molecule has 1 aliphatic heterocycles. The van der Waals surface area contributed by atoms with Crippen LogP contribution in [-0.2, 0) is 14.8 Å². The molecule has 1 aromatic heterocycles. The molecule has 8 nitrogen and oxygen atoms in total. The van der Waals surface area contributed by atoms with E-state index in [1.807, 2.05) is 0 Å². The highest BCUT2D eigenvalue weighted by Gasteiger charge is 2.32. The largest absolute Gasteiger partial charge is 0.444 e. The Balaban J connectivity index is 1.70. The second-order valence-corrected chi connectivity index (χ2v) is 8.93. The number of nitrogens with zero attached hydrogens (tertiary/aromatic N) is 3. The lowest BCUT2D eigenvalue weighted by atomic mass is 10.2. The number of piperazine rings is 1. The van der Waals surface area contributed by atoms with Crippen molar-refractivity contribution in [1.29, 1.82) is 0 Å². The molecule has 2 heterocycles. The first-order valence-electron chi connectivity index (χ1n) is 8.08. The Bertz CT molecular complexity index is 877. The summed E-state index contributed by atoms with van der Waals surface area (Å²) in [7, 11) is -3.61. The van der Waals surface area contributed by atoms with E-state index in [4.69, 9.17) is 4.74 Å². The zero-order valence-corrected chi connectivity index (χ0v) is 15.3. The van der Waals surface area contributed by atoms with Gasteiger partial charge >= 0.3 is 6.09 Å². The van der Waals surface area contributed by atoms with Crippen LogP contribution < -0.4 is 0 Å². The van der Waals surface area contributed by atoms with Gasteiger partial charge in [0.25, 0.3) is 0 Å². The summed E-state index contributed by atoms with van der Waals surface area (Å²) in [6, 6.07) is 4.88. The van der Waals surface area contributed by atoms with E-state index in [-0.39, 0.29) is 18.0 Å². The Labute approximate surface area is 146 Å². The van der Waals surface area contributed by atoms with Gasteiger partial charge in [0.2, 0.25) is 10.0 Å². The summed E-state index contributed by atoms with van der Waals surface area (Å²) in [6.07, 6.45) is 1.23. The van der Waals surface area contributed by atoms with Gasteiger partial charge in [-0.25, -0.2) is 13.2 Å². The van der Waals surface area contributed by atoms with Crippen molar-refractivity contribution >= 4 is 27.0 Å². The molecule has 0 saturated carbocycles. The SMILES string of the molecule is CC(C)(C)OC(=O)N1CCN(S(=O)(=O)c2ccc3cn[nH]c3c2)CC1. The van der Waals surface area contributed by atoms with Gasteiger partial charge in [-0.1, -0.05) is 0 Å². The summed E-state index contributed by atoms with van der Waals surface area (Å²) in [4.78, 5) is 13.8. The van der Waals surface area contributed by atoms with E-state index in [0.717, 1.165) is 5.39 Å². The molecule has 0 radical (unpaired) electrons. The van der Waals surface area contributed by atoms with Crippen LogP contribution in [0.25, 0.3) is 10.9 Å². The maximum absolute atomic E-state index is 12.8. The fourth-order valence-electron chi connectivity index (χ4n) is 2.66. The van der Waals surface area contributed by atoms with Gasteiger partial charge in [-0.3, -0.25) is 5.10 Å². The average Bonchev–Trinajstić information content (AvgIpc) is 3.01. The monoisotopic (exact) mass is 366 g/mol. The maximum atomic E-state index is 12.8. The van der Waals surface area contributed by atoms with Crippen LogP contribution >= 0.6 is 0 Å². The molecule has 136 valence electrons. The molecule has 0 unspecified atom stereocenters. The van der Waals surface area contributed by atoms with Crippen LogP contribution in [0.3, 0.4) is 0 Å². The van der Waals surface area contributed by atoms with Crippen molar-refractivity contribution in [3.63, 3.8) is 0 Å². The first kappa shape index (κ1) is 17.7. The van der Waals surface area contributed by atoms with E-state index in [2.05, 4.69) is 10.2 Å². The quantitative estimate of drug-likeness (QED) is 0.874. The van der Waals surface area contributed by atoms with Crippen LogP contribution in [0.15, 0.2) is 29.3 Å². The number of hydrogen-bond acceptors (Lipinski definition) is 5. The smallest absolute Gasteiger partial charge is 0.410 e. The Morgan fingerprint density at radius 1 is 1.20 bits per heavy atom. The van der Waals surface area contributed by atoms with Gasteiger partial charge in [0.1, 0.15) is 5.60 Å². The summed E-state index contributed by atoms with van der Waals surface area (Å²) >= 11 is 0. The van der Waals surface area contributed by atoms with Crippen molar-refractivity contribution in [1.82, 2.24) is 19.4 Å². The summed E-state index contributed by atoms with van der Waals surface area (Å²) < 4.78 is 32.4. The Morgan fingerprint density at radius 3 is 2.52 bits per heavy atom. The summed E-state index contributed by atoms with van der Waals surface area (Å²) in [6.45, 7) is 6.50. The predicted octanol–water partition coefficient (Wildman–Crippen LogP) is 1.80. The number of carbonyl (C=O) groups excluding carboxylic acids is 1. The Kier molecular flexibility index (Phi) is 4.46. The van der Waals surface area contributed by atoms with Crippen molar-refractivity contribution in [3.05, 3.63) is 24.4 Å². The number of amides is 1. The van der Waals surface area contributed by atoms with Crippen molar-refractivity contribution in [3.8, 4) is 0 Å². The summed E-state index contributed by atoms with van der Waals surface area (Å²) in [5.74, 6) is 0. The molecule has 1 fully saturated rings. The number of aromatic amines is 1. The molecule has 2 aromatic rings. The van der Waals surface area contributed by atoms with E-state index >= 15 is 0 Å². The molecule has 25 heavy (non-hydrogen) atoms. The molecule has 0 bridgehead atoms. The summed E-state index contributed by atoms with van der Waals surface area (Å²) in [5.41, 5.74) is 0.105. The molecule has 3 rings (SSSR count). The second-order valence-electron chi connectivity index (χ2n) is 6.99. The first-order valence-corrected chi connectivity index (χ1v) is 9.52. The third-order valence-corrected chi connectivity index (χ3v) is 5.84. The minimum atomic E-state index is -3.61. The first-order chi connectivity index (χ1) is 11.7. The molecular formula is C16H22N4O4S. The number of ether oxygens (including phenoxy) is 1. The molecule has 0 spiro atoms. The molecule has 1 aliphatic rings. The van der Waals surface area contributed by atoms with Crippen LogP contribution in [0.5, 0.6) is 0 Å². The third-order valence-electron chi connectivity index (χ3n) is 3.94. The number of carbonyl (C=O) groups is 1. The van der Waals surface area contributed by atoms with Gasteiger partial charge in [-0.05, 0) is 39.0 Å². The minimum Gasteiger partial charge on any atom is -0.444 e. The molecule has 1 amide bonds. The van der Waals surface area contributed by atoms with Crippen LogP contribution in [0.4, 0.5) is 4.79 Å². The highest BCUT2D eigenvalue weighted by atomic mass is 32.2. The fraction of sp³-hybridized carbons (Fsp3) is 0.500. The molecule has 0 atom stereocenters. The average molecular weight is 366 g/mol. The number of rotatable bonds is 2. The lowest BCUT2D eigenvalue weighted by Gasteiger charge is -2.34. The van der Waals surface area contributed by atoms with Crippen molar-refractivity contribution in [2.24, 2.45) is 0 Å². The number of sulfonamides is 1. The molecule has 1 aromatic carbocycles. The van der Waals surface area contributed by atoms with Gasteiger partial charge in [-0.2, -0.15) is 9.40 Å².